The molecule has 1 fully saturated rings. The number of aliphatic hydroxyl groups is 1. The van der Waals surface area contributed by atoms with Crippen LogP contribution in [0.4, 0.5) is 10.2 Å². The van der Waals surface area contributed by atoms with E-state index in [1.807, 2.05) is 18.2 Å². The lowest BCUT2D eigenvalue weighted by molar-refractivity contribution is -0.148. The molecule has 46 heavy (non-hydrogen) atoms. The minimum Gasteiger partial charge on any atom is -0.461 e. The van der Waals surface area contributed by atoms with E-state index in [1.54, 1.807) is 54.6 Å². The molecule has 0 saturated carbocycles. The van der Waals surface area contributed by atoms with Gasteiger partial charge < -0.3 is 24.8 Å². The van der Waals surface area contributed by atoms with Crippen molar-refractivity contribution in [2.75, 3.05) is 18.5 Å². The van der Waals surface area contributed by atoms with Gasteiger partial charge in [-0.05, 0) is 28.6 Å². The molecule has 240 valence electrons. The van der Waals surface area contributed by atoms with Crippen molar-refractivity contribution in [3.63, 3.8) is 0 Å². The summed E-state index contributed by atoms with van der Waals surface area (Å²) in [4.78, 5) is 31.6. The largest absolute Gasteiger partial charge is 0.461 e. The van der Waals surface area contributed by atoms with Crippen molar-refractivity contribution in [3.8, 4) is 5.75 Å². The van der Waals surface area contributed by atoms with Gasteiger partial charge in [0.15, 0.2) is 12.4 Å². The molecule has 14 nitrogen and oxygen atoms in total. The van der Waals surface area contributed by atoms with E-state index in [1.165, 1.54) is 13.0 Å². The summed E-state index contributed by atoms with van der Waals surface area (Å²) in [6.07, 6.45) is -5.62. The van der Waals surface area contributed by atoms with E-state index in [-0.39, 0.29) is 18.2 Å². The second kappa shape index (κ2) is 13.7. The molecule has 0 spiro atoms. The maximum absolute atomic E-state index is 15.7. The summed E-state index contributed by atoms with van der Waals surface area (Å²) in [6.45, 7) is 0.398. The smallest absolute Gasteiger partial charge is 0.380 e. The zero-order valence-corrected chi connectivity index (χ0v) is 25.4. The molecule has 16 heteroatoms. The summed E-state index contributed by atoms with van der Waals surface area (Å²) in [6, 6.07) is 22.3. The number of benzene rings is 3. The van der Waals surface area contributed by atoms with Crippen molar-refractivity contribution in [2.24, 2.45) is 11.0 Å². The first-order chi connectivity index (χ1) is 22.0. The normalized spacial score (nSPS) is 22.8. The minimum absolute atomic E-state index is 0.0324. The van der Waals surface area contributed by atoms with Crippen LogP contribution < -0.4 is 15.9 Å². The molecule has 5 rings (SSSR count). The Morgan fingerprint density at radius 1 is 1.20 bits per heavy atom. The minimum atomic E-state index is -4.43. The zero-order chi connectivity index (χ0) is 32.9. The van der Waals surface area contributed by atoms with Gasteiger partial charge >= 0.3 is 19.3 Å². The molecule has 0 radical (unpaired) electrons. The van der Waals surface area contributed by atoms with Gasteiger partial charge in [-0.15, -0.1) is 0 Å². The lowest BCUT2D eigenvalue weighted by Crippen LogP contribution is -2.42. The number of halogens is 1. The number of aromatic nitrogens is 2. The van der Waals surface area contributed by atoms with E-state index < -0.39 is 62.2 Å². The quantitative estimate of drug-likeness (QED) is 0.0698. The van der Waals surface area contributed by atoms with Crippen LogP contribution in [0.25, 0.3) is 21.2 Å². The monoisotopic (exact) mass is 652 g/mol. The first kappa shape index (κ1) is 32.6. The van der Waals surface area contributed by atoms with Gasteiger partial charge in [0.05, 0.1) is 18.7 Å². The second-order valence-electron chi connectivity index (χ2n) is 10.6. The molecule has 4 aromatic rings. The van der Waals surface area contributed by atoms with Gasteiger partial charge in [-0.2, -0.15) is 4.98 Å². The number of nitrogens with two attached hydrogens (primary N) is 1. The molecule has 0 bridgehead atoms. The average Bonchev–Trinajstić information content (AvgIpc) is 3.29. The fourth-order valence-corrected chi connectivity index (χ4v) is 6.80. The van der Waals surface area contributed by atoms with Gasteiger partial charge in [-0.25, -0.2) is 13.8 Å². The highest BCUT2D eigenvalue weighted by Crippen LogP contribution is 2.53. The number of alkyl halides is 1. The van der Waals surface area contributed by atoms with Crippen LogP contribution in [0.2, 0.25) is 0 Å². The van der Waals surface area contributed by atoms with E-state index in [2.05, 4.69) is 15.0 Å². The van der Waals surface area contributed by atoms with Gasteiger partial charge in [0.25, 0.3) is 0 Å². The third kappa shape index (κ3) is 7.04. The molecule has 1 aliphatic rings. The highest BCUT2D eigenvalue weighted by atomic mass is 31.2. The number of fused-ring (bicyclic) bond motifs is 1. The van der Waals surface area contributed by atoms with Crippen LogP contribution in [-0.2, 0) is 30.0 Å². The van der Waals surface area contributed by atoms with Crippen LogP contribution in [0, 0.1) is 5.92 Å². The fraction of sp³-hybridized carbons (Fsp3) is 0.300. The standard InChI is InChI=1S/C30H30FN6O8P/c1-19(28(39)42-16-20-8-3-2-4-9-20)17-46(41,45-23-13-7-11-21-10-5-6-12-22(21)23)43-18-30(35-36-33)26(31)25(38)27(44-30)37-15-14-24(32)34-29(37)40/h2-15,19,25-27,38H,16-18H2,1H3,(H2,32,34,40)/t19-,25-,26+,27-,30-,46?/m1/s1. The number of aliphatic hydroxyl groups excluding tert-OH is 1. The lowest BCUT2D eigenvalue weighted by Gasteiger charge is -2.29. The predicted molar refractivity (Wildman–Crippen MR) is 164 cm³/mol. The van der Waals surface area contributed by atoms with Crippen LogP contribution in [0.1, 0.15) is 18.7 Å². The summed E-state index contributed by atoms with van der Waals surface area (Å²) < 4.78 is 53.7. The maximum Gasteiger partial charge on any atom is 0.380 e. The lowest BCUT2D eigenvalue weighted by atomic mass is 10.1. The molecule has 1 aromatic heterocycles. The molecule has 0 aliphatic carbocycles. The second-order valence-corrected chi connectivity index (χ2v) is 12.6. The number of anilines is 1. The molecule has 3 aromatic carbocycles. The van der Waals surface area contributed by atoms with Crippen LogP contribution in [0.15, 0.2) is 95.0 Å². The Hall–Kier alpha value is -4.78. The Morgan fingerprint density at radius 3 is 2.65 bits per heavy atom. The Balaban J connectivity index is 1.43. The number of azide groups is 1. The van der Waals surface area contributed by atoms with Crippen LogP contribution in [0.5, 0.6) is 5.75 Å². The SMILES string of the molecule is C[C@H](CP(=O)(OC[C@@]1(N=[N+]=[N-])O[C@@H](n2ccc(N)nc2=O)[C@H](O)[C@@H]1F)Oc1cccc2ccccc12)C(=O)OCc1ccccc1. The van der Waals surface area contributed by atoms with Gasteiger partial charge in [-0.3, -0.25) is 13.9 Å². The number of hydrogen-bond acceptors (Lipinski definition) is 11. The number of ether oxygens (including phenoxy) is 2. The number of rotatable bonds is 12. The predicted octanol–water partition coefficient (Wildman–Crippen LogP) is 4.88. The number of hydrogen-bond donors (Lipinski definition) is 2. The highest BCUT2D eigenvalue weighted by Gasteiger charge is 2.58. The van der Waals surface area contributed by atoms with Crippen LogP contribution in [-0.4, -0.2) is 51.4 Å². The third-order valence-electron chi connectivity index (χ3n) is 7.27. The summed E-state index contributed by atoms with van der Waals surface area (Å²) in [5.41, 5.74) is 12.0. The molecule has 1 saturated heterocycles. The summed E-state index contributed by atoms with van der Waals surface area (Å²) in [5, 5.41) is 15.4. The van der Waals surface area contributed by atoms with Crippen LogP contribution >= 0.6 is 7.60 Å². The topological polar surface area (TPSA) is 201 Å². The zero-order valence-electron chi connectivity index (χ0n) is 24.5. The highest BCUT2D eigenvalue weighted by molar-refractivity contribution is 7.54. The summed E-state index contributed by atoms with van der Waals surface area (Å²) in [5.74, 6) is -1.72. The van der Waals surface area contributed by atoms with Gasteiger partial charge in [0.1, 0.15) is 24.3 Å². The van der Waals surface area contributed by atoms with Crippen molar-refractivity contribution < 1.29 is 37.4 Å². The molecular weight excluding hydrogens is 622 g/mol. The van der Waals surface area contributed by atoms with Gasteiger partial charge in [0.2, 0.25) is 5.72 Å². The van der Waals surface area contributed by atoms with Crippen molar-refractivity contribution in [1.82, 2.24) is 9.55 Å². The molecule has 0 amide bonds. The Labute approximate surface area is 261 Å². The summed E-state index contributed by atoms with van der Waals surface area (Å²) in [7, 11) is -4.43. The first-order valence-electron chi connectivity index (χ1n) is 14.1. The summed E-state index contributed by atoms with van der Waals surface area (Å²) >= 11 is 0. The molecule has 1 aliphatic heterocycles. The van der Waals surface area contributed by atoms with E-state index in [0.29, 0.717) is 5.39 Å². The number of carbonyl (C=O) groups is 1. The fourth-order valence-electron chi connectivity index (χ4n) is 4.91. The van der Waals surface area contributed by atoms with Gasteiger partial charge in [0, 0.05) is 16.5 Å². The van der Waals surface area contributed by atoms with E-state index >= 15 is 4.39 Å². The molecule has 6 atom stereocenters. The Bertz CT molecular complexity index is 1870. The number of nitrogens with zero attached hydrogens (tertiary/aromatic N) is 5. The van der Waals surface area contributed by atoms with E-state index in [0.717, 1.165) is 21.7 Å². The average molecular weight is 653 g/mol. The Kier molecular flexibility index (Phi) is 9.71. The maximum atomic E-state index is 15.7. The van der Waals surface area contributed by atoms with Crippen molar-refractivity contribution in [1.29, 1.82) is 0 Å². The Morgan fingerprint density at radius 2 is 1.91 bits per heavy atom. The van der Waals surface area contributed by atoms with Crippen LogP contribution in [0.3, 0.4) is 0 Å². The van der Waals surface area contributed by atoms with E-state index in [4.69, 9.17) is 24.3 Å². The molecule has 3 N–H and O–H groups in total. The number of esters is 1. The van der Waals surface area contributed by atoms with Gasteiger partial charge in [-0.1, -0.05) is 78.8 Å². The molecule has 2 heterocycles. The number of nitrogen functional groups attached to an aromatic ring is 1. The first-order valence-corrected chi connectivity index (χ1v) is 15.8. The molecular formula is C30H30FN6O8P. The number of carbonyl (C=O) groups excluding carboxylic acids is 1. The van der Waals surface area contributed by atoms with E-state index in [9.17, 15) is 24.8 Å². The van der Waals surface area contributed by atoms with Crippen molar-refractivity contribution in [2.45, 2.75) is 37.8 Å². The third-order valence-corrected chi connectivity index (χ3v) is 9.26. The molecule has 1 unspecified atom stereocenters. The van der Waals surface area contributed by atoms with Crippen molar-refractivity contribution >= 4 is 30.2 Å². The van der Waals surface area contributed by atoms with Crippen molar-refractivity contribution in [3.05, 3.63) is 112 Å².